The van der Waals surface area contributed by atoms with Crippen LogP contribution in [0.5, 0.6) is 5.75 Å². The third-order valence-electron chi connectivity index (χ3n) is 5.38. The molecule has 0 saturated carbocycles. The van der Waals surface area contributed by atoms with Crippen LogP contribution in [0.3, 0.4) is 0 Å². The number of ether oxygens (including phenoxy) is 1. The van der Waals surface area contributed by atoms with Gasteiger partial charge in [0.1, 0.15) is 11.9 Å². The molecule has 1 saturated heterocycles. The number of rotatable bonds is 6. The lowest BCUT2D eigenvalue weighted by Crippen LogP contribution is -2.44. The SMILES string of the molecule is CC.CON(C)C(=O)c1cccc(OC2CCCN(C(=O)c3ccccc3-n3nccn3)C2)c1. The van der Waals surface area contributed by atoms with Crippen LogP contribution < -0.4 is 4.74 Å². The predicted molar refractivity (Wildman–Crippen MR) is 128 cm³/mol. The molecular weight excluding hydrogens is 434 g/mol. The van der Waals surface area contributed by atoms with E-state index in [0.717, 1.165) is 17.9 Å². The van der Waals surface area contributed by atoms with Crippen LogP contribution in [0.15, 0.2) is 60.9 Å². The summed E-state index contributed by atoms with van der Waals surface area (Å²) in [6.07, 6.45) is 4.63. The van der Waals surface area contributed by atoms with Crippen molar-refractivity contribution in [2.24, 2.45) is 0 Å². The number of amides is 2. The molecule has 0 radical (unpaired) electrons. The summed E-state index contributed by atoms with van der Waals surface area (Å²) in [5, 5.41) is 9.47. The molecule has 9 heteroatoms. The monoisotopic (exact) mass is 465 g/mol. The Morgan fingerprint density at radius 2 is 1.79 bits per heavy atom. The molecule has 2 aromatic carbocycles. The topological polar surface area (TPSA) is 89.8 Å². The number of carbonyl (C=O) groups is 2. The van der Waals surface area contributed by atoms with Gasteiger partial charge in [-0.15, -0.1) is 0 Å². The van der Waals surface area contributed by atoms with Crippen LogP contribution in [0.1, 0.15) is 47.4 Å². The van der Waals surface area contributed by atoms with E-state index in [9.17, 15) is 9.59 Å². The minimum atomic E-state index is -0.262. The second kappa shape index (κ2) is 11.9. The van der Waals surface area contributed by atoms with Crippen molar-refractivity contribution >= 4 is 11.8 Å². The van der Waals surface area contributed by atoms with E-state index >= 15 is 0 Å². The van der Waals surface area contributed by atoms with Gasteiger partial charge in [0, 0.05) is 19.2 Å². The number of benzene rings is 2. The minimum Gasteiger partial charge on any atom is -0.489 e. The van der Waals surface area contributed by atoms with Gasteiger partial charge in [0.2, 0.25) is 0 Å². The number of hydrogen-bond donors (Lipinski definition) is 0. The van der Waals surface area contributed by atoms with Crippen molar-refractivity contribution in [1.29, 1.82) is 0 Å². The quantitative estimate of drug-likeness (QED) is 0.517. The van der Waals surface area contributed by atoms with E-state index < -0.39 is 0 Å². The molecule has 1 atom stereocenters. The highest BCUT2D eigenvalue weighted by molar-refractivity contribution is 5.97. The molecule has 0 aliphatic carbocycles. The molecule has 34 heavy (non-hydrogen) atoms. The van der Waals surface area contributed by atoms with E-state index in [4.69, 9.17) is 9.57 Å². The van der Waals surface area contributed by atoms with E-state index in [2.05, 4.69) is 10.2 Å². The number of piperidine rings is 1. The molecule has 2 heterocycles. The summed E-state index contributed by atoms with van der Waals surface area (Å²) in [5.74, 6) is 0.236. The van der Waals surface area contributed by atoms with Crippen molar-refractivity contribution in [3.05, 3.63) is 72.1 Å². The molecule has 4 rings (SSSR count). The maximum absolute atomic E-state index is 13.3. The van der Waals surface area contributed by atoms with Crippen molar-refractivity contribution in [3.63, 3.8) is 0 Å². The normalized spacial score (nSPS) is 15.2. The molecule has 1 aromatic heterocycles. The first-order chi connectivity index (χ1) is 16.6. The number of carbonyl (C=O) groups excluding carboxylic acids is 2. The Kier molecular flexibility index (Phi) is 8.75. The number of hydrogen-bond acceptors (Lipinski definition) is 6. The van der Waals surface area contributed by atoms with Crippen LogP contribution in [-0.2, 0) is 4.84 Å². The van der Waals surface area contributed by atoms with E-state index in [1.165, 1.54) is 11.9 Å². The maximum atomic E-state index is 13.3. The first kappa shape index (κ1) is 24.9. The number of para-hydroxylation sites is 1. The van der Waals surface area contributed by atoms with Crippen LogP contribution in [0.4, 0.5) is 0 Å². The number of hydroxylamine groups is 2. The molecule has 1 fully saturated rings. The van der Waals surface area contributed by atoms with Gasteiger partial charge in [-0.05, 0) is 43.2 Å². The minimum absolute atomic E-state index is 0.0863. The Bertz CT molecular complexity index is 1090. The molecular formula is C25H31N5O4. The fourth-order valence-corrected chi connectivity index (χ4v) is 3.72. The summed E-state index contributed by atoms with van der Waals surface area (Å²) < 4.78 is 6.14. The molecule has 3 aromatic rings. The molecule has 0 N–H and O–H groups in total. The van der Waals surface area contributed by atoms with Gasteiger partial charge in [0.15, 0.2) is 0 Å². The molecule has 9 nitrogen and oxygen atoms in total. The van der Waals surface area contributed by atoms with Crippen LogP contribution >= 0.6 is 0 Å². The maximum Gasteiger partial charge on any atom is 0.277 e. The van der Waals surface area contributed by atoms with Crippen molar-refractivity contribution in [3.8, 4) is 11.4 Å². The number of likely N-dealkylation sites (tertiary alicyclic amines) is 1. The summed E-state index contributed by atoms with van der Waals surface area (Å²) in [6.45, 7) is 5.10. The Hall–Kier alpha value is -3.72. The fourth-order valence-electron chi connectivity index (χ4n) is 3.72. The van der Waals surface area contributed by atoms with Gasteiger partial charge in [-0.25, -0.2) is 5.06 Å². The van der Waals surface area contributed by atoms with Crippen LogP contribution in [0.2, 0.25) is 0 Å². The highest BCUT2D eigenvalue weighted by atomic mass is 16.7. The second-order valence-electron chi connectivity index (χ2n) is 7.48. The Labute approximate surface area is 199 Å². The van der Waals surface area contributed by atoms with E-state index in [-0.39, 0.29) is 17.9 Å². The first-order valence-electron chi connectivity index (χ1n) is 11.4. The van der Waals surface area contributed by atoms with E-state index in [1.807, 2.05) is 38.1 Å². The van der Waals surface area contributed by atoms with Gasteiger partial charge in [-0.2, -0.15) is 15.0 Å². The van der Waals surface area contributed by atoms with Crippen molar-refractivity contribution < 1.29 is 19.2 Å². The Balaban J connectivity index is 0.00000158. The number of nitrogens with zero attached hydrogens (tertiary/aromatic N) is 5. The lowest BCUT2D eigenvalue weighted by atomic mass is 10.1. The lowest BCUT2D eigenvalue weighted by Gasteiger charge is -2.33. The zero-order chi connectivity index (χ0) is 24.5. The molecule has 180 valence electrons. The lowest BCUT2D eigenvalue weighted by molar-refractivity contribution is -0.0757. The molecule has 1 aliphatic rings. The molecule has 1 aliphatic heterocycles. The van der Waals surface area contributed by atoms with Gasteiger partial charge >= 0.3 is 0 Å². The summed E-state index contributed by atoms with van der Waals surface area (Å²) in [5.41, 5.74) is 1.65. The zero-order valence-corrected chi connectivity index (χ0v) is 20.0. The van der Waals surface area contributed by atoms with Gasteiger partial charge in [0.05, 0.1) is 37.3 Å². The van der Waals surface area contributed by atoms with Crippen molar-refractivity contribution in [1.82, 2.24) is 25.0 Å². The van der Waals surface area contributed by atoms with Crippen LogP contribution in [0.25, 0.3) is 5.69 Å². The predicted octanol–water partition coefficient (Wildman–Crippen LogP) is 3.61. The second-order valence-corrected chi connectivity index (χ2v) is 7.48. The third-order valence-corrected chi connectivity index (χ3v) is 5.38. The summed E-state index contributed by atoms with van der Waals surface area (Å²) >= 11 is 0. The largest absolute Gasteiger partial charge is 0.489 e. The van der Waals surface area contributed by atoms with E-state index in [1.54, 1.807) is 48.6 Å². The highest BCUT2D eigenvalue weighted by Crippen LogP contribution is 2.23. The fraction of sp³-hybridized carbons (Fsp3) is 0.360. The highest BCUT2D eigenvalue weighted by Gasteiger charge is 2.27. The average molecular weight is 466 g/mol. The first-order valence-corrected chi connectivity index (χ1v) is 11.4. The molecule has 1 unspecified atom stereocenters. The van der Waals surface area contributed by atoms with Crippen LogP contribution in [-0.4, -0.2) is 70.1 Å². The Morgan fingerprint density at radius 1 is 1.06 bits per heavy atom. The molecule has 2 amide bonds. The Morgan fingerprint density at radius 3 is 2.53 bits per heavy atom. The van der Waals surface area contributed by atoms with Crippen LogP contribution in [0, 0.1) is 0 Å². The summed E-state index contributed by atoms with van der Waals surface area (Å²) in [4.78, 5) is 33.8. The van der Waals surface area contributed by atoms with Crippen molar-refractivity contribution in [2.45, 2.75) is 32.8 Å². The van der Waals surface area contributed by atoms with Crippen molar-refractivity contribution in [2.75, 3.05) is 27.2 Å². The molecule has 0 spiro atoms. The zero-order valence-electron chi connectivity index (χ0n) is 20.0. The third kappa shape index (κ3) is 5.79. The smallest absolute Gasteiger partial charge is 0.277 e. The number of aromatic nitrogens is 3. The van der Waals surface area contributed by atoms with E-state index in [0.29, 0.717) is 35.7 Å². The average Bonchev–Trinajstić information content (AvgIpc) is 3.44. The van der Waals surface area contributed by atoms with Gasteiger partial charge in [0.25, 0.3) is 11.8 Å². The van der Waals surface area contributed by atoms with Gasteiger partial charge in [-0.1, -0.05) is 32.0 Å². The summed E-state index contributed by atoms with van der Waals surface area (Å²) in [7, 11) is 2.99. The van der Waals surface area contributed by atoms with Gasteiger partial charge < -0.3 is 9.64 Å². The standard InChI is InChI=1S/C23H25N5O4.C2H6/c1-26(31-2)22(29)17-7-5-8-18(15-17)32-19-9-6-14-27(16-19)23(30)20-10-3-4-11-21(20)28-24-12-13-25-28;1-2/h3-5,7-8,10-13,15,19H,6,9,14,16H2,1-2H3;1-2H3. The molecule has 0 bridgehead atoms. The van der Waals surface area contributed by atoms with Gasteiger partial charge in [-0.3, -0.25) is 14.4 Å². The summed E-state index contributed by atoms with van der Waals surface area (Å²) in [6, 6.07) is 14.3.